The second-order valence-corrected chi connectivity index (χ2v) is 7.49. The van der Waals surface area contributed by atoms with Crippen LogP contribution in [0.5, 0.6) is 0 Å². The average molecular weight is 299 g/mol. The summed E-state index contributed by atoms with van der Waals surface area (Å²) in [5.41, 5.74) is 0.901. The van der Waals surface area contributed by atoms with Gasteiger partial charge in [-0.2, -0.15) is 0 Å². The van der Waals surface area contributed by atoms with Crippen LogP contribution in [0.25, 0.3) is 0 Å². The zero-order valence-electron chi connectivity index (χ0n) is 12.3. The first-order chi connectivity index (χ1) is 9.51. The van der Waals surface area contributed by atoms with E-state index in [1.807, 2.05) is 0 Å². The summed E-state index contributed by atoms with van der Waals surface area (Å²) in [6.07, 6.45) is 5.62. The maximum absolute atomic E-state index is 12.3. The molecule has 1 aliphatic rings. The van der Waals surface area contributed by atoms with Crippen LogP contribution in [0, 0.1) is 5.92 Å². The second kappa shape index (κ2) is 6.74. The van der Waals surface area contributed by atoms with Gasteiger partial charge < -0.3 is 10.3 Å². The molecule has 2 rings (SSSR count). The predicted octanol–water partition coefficient (Wildman–Crippen LogP) is 1.98. The van der Waals surface area contributed by atoms with E-state index in [-0.39, 0.29) is 6.04 Å². The molecule has 0 bridgehead atoms. The highest BCUT2D eigenvalue weighted by Gasteiger charge is 2.26. The Morgan fingerprint density at radius 3 is 2.85 bits per heavy atom. The number of H-pyrrole nitrogens is 1. The van der Waals surface area contributed by atoms with Crippen molar-refractivity contribution in [3.63, 3.8) is 0 Å². The highest BCUT2D eigenvalue weighted by atomic mass is 32.2. The van der Waals surface area contributed by atoms with Crippen molar-refractivity contribution in [2.24, 2.45) is 5.92 Å². The quantitative estimate of drug-likeness (QED) is 0.674. The maximum Gasteiger partial charge on any atom is 0.242 e. The molecule has 3 N–H and O–H groups in total. The van der Waals surface area contributed by atoms with Gasteiger partial charge in [0.1, 0.15) is 0 Å². The van der Waals surface area contributed by atoms with Gasteiger partial charge in [-0.1, -0.05) is 13.8 Å². The number of aromatic nitrogens is 1. The number of hydrogen-bond acceptors (Lipinski definition) is 3. The highest BCUT2D eigenvalue weighted by Crippen LogP contribution is 2.26. The summed E-state index contributed by atoms with van der Waals surface area (Å²) in [6, 6.07) is 1.80. The van der Waals surface area contributed by atoms with E-state index < -0.39 is 10.0 Å². The van der Waals surface area contributed by atoms with E-state index in [9.17, 15) is 8.42 Å². The minimum absolute atomic E-state index is 0.0894. The van der Waals surface area contributed by atoms with Crippen molar-refractivity contribution >= 4 is 10.0 Å². The summed E-state index contributed by atoms with van der Waals surface area (Å²) in [5.74, 6) is 0.614. The molecule has 1 aromatic heterocycles. The van der Waals surface area contributed by atoms with Crippen LogP contribution < -0.4 is 10.0 Å². The summed E-state index contributed by atoms with van der Waals surface area (Å²) >= 11 is 0. The van der Waals surface area contributed by atoms with Crippen molar-refractivity contribution in [3.05, 3.63) is 18.0 Å². The fourth-order valence-electron chi connectivity index (χ4n) is 2.68. The predicted molar refractivity (Wildman–Crippen MR) is 79.9 cm³/mol. The fourth-order valence-corrected chi connectivity index (χ4v) is 3.98. The second-order valence-electron chi connectivity index (χ2n) is 5.77. The van der Waals surface area contributed by atoms with E-state index in [0.29, 0.717) is 17.4 Å². The number of rotatable bonds is 7. The van der Waals surface area contributed by atoms with Gasteiger partial charge in [0.05, 0.1) is 4.90 Å². The zero-order valence-corrected chi connectivity index (χ0v) is 13.1. The average Bonchev–Trinajstić information content (AvgIpc) is 2.99. The maximum atomic E-state index is 12.3. The molecule has 114 valence electrons. The normalized spacial score (nSPS) is 23.3. The monoisotopic (exact) mass is 299 g/mol. The molecule has 1 aromatic rings. The number of aromatic amines is 1. The van der Waals surface area contributed by atoms with Crippen molar-refractivity contribution in [1.29, 1.82) is 0 Å². The molecule has 2 atom stereocenters. The van der Waals surface area contributed by atoms with Gasteiger partial charge in [-0.3, -0.25) is 0 Å². The van der Waals surface area contributed by atoms with Crippen LogP contribution in [0.15, 0.2) is 17.2 Å². The number of nitrogens with one attached hydrogen (secondary N) is 3. The van der Waals surface area contributed by atoms with Crippen LogP contribution in [0.4, 0.5) is 0 Å². The van der Waals surface area contributed by atoms with Crippen LogP contribution in [0.2, 0.25) is 0 Å². The standard InChI is InChI=1S/C14H25N3O2S/c1-3-6-15-9-13-8-14(10-16-13)20(18,19)17-12-5-4-11(2)7-12/h8,10-12,15-17H,3-7,9H2,1-2H3. The Balaban J connectivity index is 1.95. The summed E-state index contributed by atoms with van der Waals surface area (Å²) in [6.45, 7) is 5.87. The lowest BCUT2D eigenvalue weighted by Gasteiger charge is -2.11. The topological polar surface area (TPSA) is 74.0 Å². The van der Waals surface area contributed by atoms with E-state index in [2.05, 4.69) is 28.9 Å². The Kier molecular flexibility index (Phi) is 5.23. The molecule has 0 radical (unpaired) electrons. The van der Waals surface area contributed by atoms with Crippen LogP contribution in [0.3, 0.4) is 0 Å². The summed E-state index contributed by atoms with van der Waals surface area (Å²) in [5, 5.41) is 3.25. The van der Waals surface area contributed by atoms with Crippen molar-refractivity contribution in [2.75, 3.05) is 6.54 Å². The minimum Gasteiger partial charge on any atom is -0.363 e. The Morgan fingerprint density at radius 2 is 2.20 bits per heavy atom. The lowest BCUT2D eigenvalue weighted by molar-refractivity contribution is 0.538. The third-order valence-corrected chi connectivity index (χ3v) is 5.29. The van der Waals surface area contributed by atoms with Gasteiger partial charge in [0.15, 0.2) is 0 Å². The third kappa shape index (κ3) is 4.07. The van der Waals surface area contributed by atoms with Gasteiger partial charge in [-0.15, -0.1) is 0 Å². The molecule has 6 heteroatoms. The Hall–Kier alpha value is -0.850. The van der Waals surface area contributed by atoms with Gasteiger partial charge in [0.25, 0.3) is 0 Å². The highest BCUT2D eigenvalue weighted by molar-refractivity contribution is 7.89. The van der Waals surface area contributed by atoms with Crippen molar-refractivity contribution < 1.29 is 8.42 Å². The molecular weight excluding hydrogens is 274 g/mol. The molecule has 5 nitrogen and oxygen atoms in total. The first-order valence-electron chi connectivity index (χ1n) is 7.41. The van der Waals surface area contributed by atoms with E-state index in [0.717, 1.165) is 37.9 Å². The molecule has 1 fully saturated rings. The third-order valence-electron chi connectivity index (χ3n) is 3.79. The fraction of sp³-hybridized carbons (Fsp3) is 0.714. The van der Waals surface area contributed by atoms with E-state index in [1.54, 1.807) is 12.3 Å². The molecule has 1 aliphatic carbocycles. The van der Waals surface area contributed by atoms with Crippen LogP contribution in [0.1, 0.15) is 45.2 Å². The zero-order chi connectivity index (χ0) is 14.6. The summed E-state index contributed by atoms with van der Waals surface area (Å²) in [7, 11) is -3.39. The van der Waals surface area contributed by atoms with Gasteiger partial charge in [-0.25, -0.2) is 13.1 Å². The molecule has 0 saturated heterocycles. The molecule has 2 unspecified atom stereocenters. The van der Waals surface area contributed by atoms with E-state index in [1.165, 1.54) is 0 Å². The number of sulfonamides is 1. The molecular formula is C14H25N3O2S. The molecule has 1 saturated carbocycles. The lowest BCUT2D eigenvalue weighted by Crippen LogP contribution is -2.32. The summed E-state index contributed by atoms with van der Waals surface area (Å²) in [4.78, 5) is 3.36. The number of hydrogen-bond donors (Lipinski definition) is 3. The minimum atomic E-state index is -3.39. The van der Waals surface area contributed by atoms with Gasteiger partial charge >= 0.3 is 0 Å². The van der Waals surface area contributed by atoms with Crippen LogP contribution in [-0.4, -0.2) is 26.0 Å². The van der Waals surface area contributed by atoms with E-state index in [4.69, 9.17) is 0 Å². The van der Waals surface area contributed by atoms with Crippen molar-refractivity contribution in [3.8, 4) is 0 Å². The smallest absolute Gasteiger partial charge is 0.242 e. The van der Waals surface area contributed by atoms with Gasteiger partial charge in [-0.05, 0) is 44.2 Å². The van der Waals surface area contributed by atoms with Gasteiger partial charge in [0, 0.05) is 24.5 Å². The first-order valence-corrected chi connectivity index (χ1v) is 8.90. The Labute approximate surface area is 121 Å². The van der Waals surface area contributed by atoms with Crippen LogP contribution in [-0.2, 0) is 16.6 Å². The molecule has 0 aliphatic heterocycles. The lowest BCUT2D eigenvalue weighted by atomic mass is 10.1. The van der Waals surface area contributed by atoms with E-state index >= 15 is 0 Å². The molecule has 0 spiro atoms. The molecule has 20 heavy (non-hydrogen) atoms. The Morgan fingerprint density at radius 1 is 1.40 bits per heavy atom. The molecule has 0 amide bonds. The van der Waals surface area contributed by atoms with Gasteiger partial charge in [0.2, 0.25) is 10.0 Å². The summed E-state index contributed by atoms with van der Waals surface area (Å²) < 4.78 is 27.4. The SMILES string of the molecule is CCCNCc1cc(S(=O)(=O)NC2CCC(C)C2)c[nH]1. The van der Waals surface area contributed by atoms with Crippen molar-refractivity contribution in [1.82, 2.24) is 15.0 Å². The first kappa shape index (κ1) is 15.5. The van der Waals surface area contributed by atoms with Crippen molar-refractivity contribution in [2.45, 2.75) is 57.0 Å². The molecule has 1 heterocycles. The largest absolute Gasteiger partial charge is 0.363 e. The Bertz CT molecular complexity index is 524. The molecule has 0 aromatic carbocycles. The van der Waals surface area contributed by atoms with Crippen LogP contribution >= 0.6 is 0 Å².